The predicted octanol–water partition coefficient (Wildman–Crippen LogP) is 2.79. The van der Waals surface area contributed by atoms with Gasteiger partial charge in [-0.1, -0.05) is 18.2 Å². The molecule has 2 aliphatic rings. The summed E-state index contributed by atoms with van der Waals surface area (Å²) in [6.45, 7) is 1.43. The van der Waals surface area contributed by atoms with Crippen molar-refractivity contribution in [2.45, 2.75) is 25.8 Å². The summed E-state index contributed by atoms with van der Waals surface area (Å²) in [6.07, 6.45) is 6.17. The van der Waals surface area contributed by atoms with Crippen LogP contribution in [0.3, 0.4) is 0 Å². The zero-order chi connectivity index (χ0) is 19.4. The van der Waals surface area contributed by atoms with E-state index >= 15 is 0 Å². The normalized spacial score (nSPS) is 15.2. The highest BCUT2D eigenvalue weighted by molar-refractivity contribution is 5.96. The number of aromatic nitrogens is 5. The number of nitrogens with zero attached hydrogens (tertiary/aromatic N) is 5. The first kappa shape index (κ1) is 16.4. The maximum atomic E-state index is 12.6. The van der Waals surface area contributed by atoms with Gasteiger partial charge in [-0.25, -0.2) is 9.97 Å². The first-order valence-electron chi connectivity index (χ1n) is 9.87. The molecule has 142 valence electrons. The number of hydrogen-bond donors (Lipinski definition) is 1. The molecule has 29 heavy (non-hydrogen) atoms. The van der Waals surface area contributed by atoms with Gasteiger partial charge in [0.2, 0.25) is 0 Å². The van der Waals surface area contributed by atoms with E-state index in [1.165, 1.54) is 0 Å². The second-order valence-corrected chi connectivity index (χ2v) is 7.49. The summed E-state index contributed by atoms with van der Waals surface area (Å²) in [4.78, 5) is 26.5. The van der Waals surface area contributed by atoms with E-state index in [1.807, 2.05) is 41.3 Å². The van der Waals surface area contributed by atoms with Crippen LogP contribution in [0.15, 0.2) is 42.7 Å². The largest absolute Gasteiger partial charge is 0.351 e. The van der Waals surface area contributed by atoms with Gasteiger partial charge in [0.25, 0.3) is 5.91 Å². The van der Waals surface area contributed by atoms with Gasteiger partial charge in [-0.2, -0.15) is 5.10 Å². The molecule has 1 amide bonds. The van der Waals surface area contributed by atoms with Crippen LogP contribution in [-0.2, 0) is 19.4 Å². The van der Waals surface area contributed by atoms with Crippen molar-refractivity contribution in [1.82, 2.24) is 30.0 Å². The van der Waals surface area contributed by atoms with Crippen LogP contribution >= 0.6 is 0 Å². The molecule has 4 aromatic rings. The Bertz CT molecular complexity index is 1290. The van der Waals surface area contributed by atoms with Gasteiger partial charge in [-0.05, 0) is 37.0 Å². The Balaban J connectivity index is 1.50. The van der Waals surface area contributed by atoms with Gasteiger partial charge >= 0.3 is 0 Å². The van der Waals surface area contributed by atoms with E-state index in [-0.39, 0.29) is 5.91 Å². The second kappa shape index (κ2) is 6.20. The lowest BCUT2D eigenvalue weighted by atomic mass is 9.93. The Kier molecular flexibility index (Phi) is 3.50. The Hall–Kier alpha value is -3.61. The third-order valence-corrected chi connectivity index (χ3v) is 5.68. The summed E-state index contributed by atoms with van der Waals surface area (Å²) in [6, 6.07) is 10.1. The number of hydrogen-bond acceptors (Lipinski definition) is 5. The van der Waals surface area contributed by atoms with E-state index in [1.54, 1.807) is 0 Å². The molecule has 0 saturated heterocycles. The number of benzene rings is 1. The van der Waals surface area contributed by atoms with E-state index in [2.05, 4.69) is 21.4 Å². The number of carbonyl (C=O) groups is 1. The molecule has 4 heterocycles. The van der Waals surface area contributed by atoms with Gasteiger partial charge < -0.3 is 5.32 Å². The second-order valence-electron chi connectivity index (χ2n) is 7.49. The van der Waals surface area contributed by atoms with Crippen molar-refractivity contribution in [2.24, 2.45) is 0 Å². The lowest BCUT2D eigenvalue weighted by Crippen LogP contribution is -2.24. The van der Waals surface area contributed by atoms with Gasteiger partial charge in [0.1, 0.15) is 11.4 Å². The van der Waals surface area contributed by atoms with Crippen molar-refractivity contribution in [2.75, 3.05) is 6.54 Å². The molecule has 3 aromatic heterocycles. The SMILES string of the molecule is O=C1NCCCn2nc3c(c21)CCc1cnc(-c2cnc4ccccc4c2)nc1-3. The molecule has 7 heteroatoms. The van der Waals surface area contributed by atoms with E-state index in [0.29, 0.717) is 18.1 Å². The molecule has 1 aliphatic carbocycles. The monoisotopic (exact) mass is 382 g/mol. The molecular formula is C22H18N6O. The number of fused-ring (bicyclic) bond motifs is 6. The molecule has 0 unspecified atom stereocenters. The van der Waals surface area contributed by atoms with Crippen molar-refractivity contribution in [3.8, 4) is 22.8 Å². The summed E-state index contributed by atoms with van der Waals surface area (Å²) < 4.78 is 1.85. The van der Waals surface area contributed by atoms with E-state index in [9.17, 15) is 4.79 Å². The highest BCUT2D eigenvalue weighted by Gasteiger charge is 2.30. The van der Waals surface area contributed by atoms with Gasteiger partial charge in [0.15, 0.2) is 5.82 Å². The minimum absolute atomic E-state index is 0.0345. The summed E-state index contributed by atoms with van der Waals surface area (Å²) in [7, 11) is 0. The van der Waals surface area contributed by atoms with E-state index in [4.69, 9.17) is 10.1 Å². The van der Waals surface area contributed by atoms with Crippen LogP contribution in [0, 0.1) is 0 Å². The number of nitrogens with one attached hydrogen (secondary N) is 1. The molecule has 0 atom stereocenters. The fraction of sp³-hybridized carbons (Fsp3) is 0.227. The molecule has 0 spiro atoms. The summed E-state index contributed by atoms with van der Waals surface area (Å²) >= 11 is 0. The van der Waals surface area contributed by atoms with Crippen molar-refractivity contribution < 1.29 is 4.79 Å². The van der Waals surface area contributed by atoms with Crippen molar-refractivity contribution in [3.05, 3.63) is 59.5 Å². The lowest BCUT2D eigenvalue weighted by Gasteiger charge is -2.15. The average Bonchev–Trinajstić information content (AvgIpc) is 3.05. The maximum absolute atomic E-state index is 12.6. The van der Waals surface area contributed by atoms with Crippen LogP contribution < -0.4 is 5.32 Å². The lowest BCUT2D eigenvalue weighted by molar-refractivity contribution is 0.0949. The number of amides is 1. The van der Waals surface area contributed by atoms with Crippen LogP contribution in [0.4, 0.5) is 0 Å². The summed E-state index contributed by atoms with van der Waals surface area (Å²) in [5.74, 6) is 0.593. The first-order chi connectivity index (χ1) is 14.3. The van der Waals surface area contributed by atoms with Crippen LogP contribution in [-0.4, -0.2) is 37.2 Å². The minimum Gasteiger partial charge on any atom is -0.351 e. The number of para-hydroxylation sites is 1. The number of rotatable bonds is 1. The number of pyridine rings is 1. The molecule has 0 radical (unpaired) electrons. The summed E-state index contributed by atoms with van der Waals surface area (Å²) in [5.41, 5.74) is 6.23. The zero-order valence-electron chi connectivity index (χ0n) is 15.7. The van der Waals surface area contributed by atoms with Crippen LogP contribution in [0.1, 0.15) is 28.0 Å². The summed E-state index contributed by atoms with van der Waals surface area (Å²) in [5, 5.41) is 8.81. The molecule has 1 aliphatic heterocycles. The first-order valence-corrected chi connectivity index (χ1v) is 9.87. The van der Waals surface area contributed by atoms with Gasteiger partial charge in [0, 0.05) is 42.0 Å². The predicted molar refractivity (Wildman–Crippen MR) is 108 cm³/mol. The third kappa shape index (κ3) is 2.54. The van der Waals surface area contributed by atoms with Gasteiger partial charge in [0.05, 0.1) is 11.2 Å². The number of carbonyl (C=O) groups excluding carboxylic acids is 1. The third-order valence-electron chi connectivity index (χ3n) is 5.68. The highest BCUT2D eigenvalue weighted by atomic mass is 16.2. The van der Waals surface area contributed by atoms with Crippen LogP contribution in [0.25, 0.3) is 33.7 Å². The quantitative estimate of drug-likeness (QED) is 0.547. The molecule has 1 aromatic carbocycles. The van der Waals surface area contributed by atoms with Crippen molar-refractivity contribution >= 4 is 16.8 Å². The molecule has 6 rings (SSSR count). The Morgan fingerprint density at radius 2 is 1.97 bits per heavy atom. The number of aryl methyl sites for hydroxylation is 2. The highest BCUT2D eigenvalue weighted by Crippen LogP contribution is 2.34. The van der Waals surface area contributed by atoms with Crippen molar-refractivity contribution in [3.63, 3.8) is 0 Å². The van der Waals surface area contributed by atoms with Gasteiger partial charge in [-0.15, -0.1) is 0 Å². The molecule has 7 nitrogen and oxygen atoms in total. The minimum atomic E-state index is -0.0345. The zero-order valence-corrected chi connectivity index (χ0v) is 15.7. The van der Waals surface area contributed by atoms with Crippen LogP contribution in [0.2, 0.25) is 0 Å². The smallest absolute Gasteiger partial charge is 0.269 e. The molecule has 0 bridgehead atoms. The maximum Gasteiger partial charge on any atom is 0.269 e. The van der Waals surface area contributed by atoms with Gasteiger partial charge in [-0.3, -0.25) is 14.5 Å². The molecule has 0 fully saturated rings. The molecule has 1 N–H and O–H groups in total. The molecular weight excluding hydrogens is 364 g/mol. The fourth-order valence-corrected chi connectivity index (χ4v) is 4.24. The van der Waals surface area contributed by atoms with Crippen molar-refractivity contribution in [1.29, 1.82) is 0 Å². The van der Waals surface area contributed by atoms with E-state index < -0.39 is 0 Å². The Morgan fingerprint density at radius 1 is 1.03 bits per heavy atom. The topological polar surface area (TPSA) is 85.6 Å². The van der Waals surface area contributed by atoms with E-state index in [0.717, 1.165) is 64.8 Å². The Labute approximate surface area is 166 Å². The fourth-order valence-electron chi connectivity index (χ4n) is 4.24. The standard InChI is InChI=1S/C22H18N6O/c29-22-20-16-7-6-14-11-25-21(15-10-13-4-1-2-5-17(13)24-12-15)26-18(14)19(16)27-28(20)9-3-8-23-22/h1-2,4-5,10-12H,3,6-9H2,(H,23,29). The molecule has 0 saturated carbocycles. The average molecular weight is 382 g/mol. The Morgan fingerprint density at radius 3 is 2.93 bits per heavy atom. The van der Waals surface area contributed by atoms with Crippen LogP contribution in [0.5, 0.6) is 0 Å².